The molecule has 1 atom stereocenters. The number of amides is 2. The van der Waals surface area contributed by atoms with Crippen LogP contribution in [-0.4, -0.2) is 11.8 Å². The standard InChI is InChI=1S/C18H16ClF3N2O2/c1-11(25)23-16(12-2-6-14(19)7-3-12)10-17(26)24-15-8-4-13(5-9-15)18(20,21)22/h2-9,16H,10H2,1H3,(H,23,25)(H,24,26). The predicted octanol–water partition coefficient (Wildman–Crippen LogP) is 4.56. The van der Waals surface area contributed by atoms with E-state index in [1.807, 2.05) is 0 Å². The molecule has 0 saturated heterocycles. The first-order chi connectivity index (χ1) is 12.1. The van der Waals surface area contributed by atoms with E-state index < -0.39 is 23.7 Å². The molecule has 2 N–H and O–H groups in total. The highest BCUT2D eigenvalue weighted by Gasteiger charge is 2.30. The predicted molar refractivity (Wildman–Crippen MR) is 92.7 cm³/mol. The number of carbonyl (C=O) groups is 2. The fourth-order valence-corrected chi connectivity index (χ4v) is 2.46. The van der Waals surface area contributed by atoms with Gasteiger partial charge in [0.15, 0.2) is 0 Å². The Morgan fingerprint density at radius 2 is 1.62 bits per heavy atom. The van der Waals surface area contributed by atoms with Crippen LogP contribution in [0.3, 0.4) is 0 Å². The van der Waals surface area contributed by atoms with Crippen molar-refractivity contribution in [3.8, 4) is 0 Å². The molecule has 0 aromatic heterocycles. The van der Waals surface area contributed by atoms with Gasteiger partial charge in [-0.25, -0.2) is 0 Å². The van der Waals surface area contributed by atoms with Gasteiger partial charge in [0.25, 0.3) is 0 Å². The lowest BCUT2D eigenvalue weighted by atomic mass is 10.0. The number of anilines is 1. The summed E-state index contributed by atoms with van der Waals surface area (Å²) in [6.45, 7) is 1.33. The Kier molecular flexibility index (Phi) is 6.26. The van der Waals surface area contributed by atoms with E-state index in [1.54, 1.807) is 24.3 Å². The number of hydrogen-bond donors (Lipinski definition) is 2. The number of rotatable bonds is 5. The number of hydrogen-bond acceptors (Lipinski definition) is 2. The maximum absolute atomic E-state index is 12.6. The van der Waals surface area contributed by atoms with Gasteiger partial charge in [-0.15, -0.1) is 0 Å². The highest BCUT2D eigenvalue weighted by molar-refractivity contribution is 6.30. The summed E-state index contributed by atoms with van der Waals surface area (Å²) in [6, 6.07) is 10.2. The quantitative estimate of drug-likeness (QED) is 0.793. The van der Waals surface area contributed by atoms with Crippen molar-refractivity contribution in [2.24, 2.45) is 0 Å². The molecule has 8 heteroatoms. The SMILES string of the molecule is CC(=O)NC(CC(=O)Nc1ccc(C(F)(F)F)cc1)c1ccc(Cl)cc1. The first-order valence-corrected chi connectivity index (χ1v) is 8.02. The van der Waals surface area contributed by atoms with Gasteiger partial charge < -0.3 is 10.6 Å². The van der Waals surface area contributed by atoms with Crippen LogP contribution in [-0.2, 0) is 15.8 Å². The summed E-state index contributed by atoms with van der Waals surface area (Å²) in [5, 5.41) is 5.71. The molecule has 0 spiro atoms. The molecule has 138 valence electrons. The molecular formula is C18H16ClF3N2O2. The fourth-order valence-electron chi connectivity index (χ4n) is 2.33. The Bertz CT molecular complexity index is 775. The van der Waals surface area contributed by atoms with E-state index in [4.69, 9.17) is 11.6 Å². The molecule has 0 aliphatic heterocycles. The summed E-state index contributed by atoms with van der Waals surface area (Å²) < 4.78 is 37.7. The minimum absolute atomic E-state index is 0.0811. The van der Waals surface area contributed by atoms with Crippen molar-refractivity contribution in [3.05, 3.63) is 64.7 Å². The molecule has 0 fully saturated rings. The summed E-state index contributed by atoms with van der Waals surface area (Å²) in [5.74, 6) is -0.759. The van der Waals surface area contributed by atoms with Crippen LogP contribution in [0.4, 0.5) is 18.9 Å². The zero-order valence-corrected chi connectivity index (χ0v) is 14.5. The third kappa shape index (κ3) is 5.77. The van der Waals surface area contributed by atoms with Gasteiger partial charge in [0.2, 0.25) is 11.8 Å². The molecule has 0 heterocycles. The van der Waals surface area contributed by atoms with Crippen molar-refractivity contribution in [2.75, 3.05) is 5.32 Å². The van der Waals surface area contributed by atoms with Crippen molar-refractivity contribution in [2.45, 2.75) is 25.6 Å². The van der Waals surface area contributed by atoms with E-state index >= 15 is 0 Å². The Morgan fingerprint density at radius 1 is 1.04 bits per heavy atom. The topological polar surface area (TPSA) is 58.2 Å². The molecule has 4 nitrogen and oxygen atoms in total. The second-order valence-corrected chi connectivity index (χ2v) is 6.07. The molecule has 0 bridgehead atoms. The Balaban J connectivity index is 2.07. The number of alkyl halides is 3. The minimum Gasteiger partial charge on any atom is -0.349 e. The summed E-state index contributed by atoms with van der Waals surface area (Å²) in [4.78, 5) is 23.6. The summed E-state index contributed by atoms with van der Waals surface area (Å²) in [5.41, 5.74) is 0.126. The Labute approximate surface area is 153 Å². The van der Waals surface area contributed by atoms with Crippen LogP contribution in [0.1, 0.15) is 30.5 Å². The van der Waals surface area contributed by atoms with Crippen molar-refractivity contribution in [1.82, 2.24) is 5.32 Å². The molecule has 0 aliphatic rings. The van der Waals surface area contributed by atoms with Crippen molar-refractivity contribution >= 4 is 29.1 Å². The zero-order chi connectivity index (χ0) is 19.3. The average Bonchev–Trinajstić information content (AvgIpc) is 2.54. The first kappa shape index (κ1) is 19.8. The van der Waals surface area contributed by atoms with Crippen molar-refractivity contribution in [1.29, 1.82) is 0 Å². The van der Waals surface area contributed by atoms with Gasteiger partial charge in [0.05, 0.1) is 18.0 Å². The first-order valence-electron chi connectivity index (χ1n) is 7.65. The third-order valence-electron chi connectivity index (χ3n) is 3.54. The lowest BCUT2D eigenvalue weighted by Crippen LogP contribution is -2.29. The second-order valence-electron chi connectivity index (χ2n) is 5.63. The molecule has 0 saturated carbocycles. The van der Waals surface area contributed by atoms with Gasteiger partial charge in [-0.05, 0) is 42.0 Å². The maximum atomic E-state index is 12.6. The summed E-state index contributed by atoms with van der Waals surface area (Å²) in [7, 11) is 0. The molecule has 0 aliphatic carbocycles. The molecule has 1 unspecified atom stereocenters. The summed E-state index contributed by atoms with van der Waals surface area (Å²) in [6.07, 6.45) is -4.52. The average molecular weight is 385 g/mol. The van der Waals surface area contributed by atoms with Crippen LogP contribution in [0.25, 0.3) is 0 Å². The zero-order valence-electron chi connectivity index (χ0n) is 13.7. The smallest absolute Gasteiger partial charge is 0.349 e. The molecular weight excluding hydrogens is 369 g/mol. The number of benzene rings is 2. The molecule has 2 rings (SSSR count). The van der Waals surface area contributed by atoms with Gasteiger partial charge in [0, 0.05) is 17.6 Å². The largest absolute Gasteiger partial charge is 0.416 e. The van der Waals surface area contributed by atoms with Crippen molar-refractivity contribution < 1.29 is 22.8 Å². The van der Waals surface area contributed by atoms with Crippen LogP contribution >= 0.6 is 11.6 Å². The van der Waals surface area contributed by atoms with Crippen LogP contribution in [0.2, 0.25) is 5.02 Å². The fraction of sp³-hybridized carbons (Fsp3) is 0.222. The van der Waals surface area contributed by atoms with Crippen molar-refractivity contribution in [3.63, 3.8) is 0 Å². The van der Waals surface area contributed by atoms with Gasteiger partial charge in [-0.3, -0.25) is 9.59 Å². The van der Waals surface area contributed by atoms with Gasteiger partial charge >= 0.3 is 6.18 Å². The number of nitrogens with one attached hydrogen (secondary N) is 2. The Morgan fingerprint density at radius 3 is 2.12 bits per heavy atom. The maximum Gasteiger partial charge on any atom is 0.416 e. The minimum atomic E-state index is -4.44. The van der Waals surface area contributed by atoms with E-state index in [1.165, 1.54) is 19.1 Å². The summed E-state index contributed by atoms with van der Waals surface area (Å²) >= 11 is 5.83. The van der Waals surface area contributed by atoms with E-state index in [0.717, 1.165) is 12.1 Å². The normalized spacial score (nSPS) is 12.3. The van der Waals surface area contributed by atoms with Crippen LogP contribution in [0, 0.1) is 0 Å². The van der Waals surface area contributed by atoms with E-state index in [9.17, 15) is 22.8 Å². The van der Waals surface area contributed by atoms with Gasteiger partial charge in [0.1, 0.15) is 0 Å². The molecule has 2 aromatic rings. The van der Waals surface area contributed by atoms with E-state index in [0.29, 0.717) is 10.6 Å². The third-order valence-corrected chi connectivity index (χ3v) is 3.79. The lowest BCUT2D eigenvalue weighted by Gasteiger charge is -2.18. The number of halogens is 4. The van der Waals surface area contributed by atoms with E-state index in [2.05, 4.69) is 10.6 Å². The lowest BCUT2D eigenvalue weighted by molar-refractivity contribution is -0.137. The monoisotopic (exact) mass is 384 g/mol. The molecule has 0 radical (unpaired) electrons. The second kappa shape index (κ2) is 8.23. The highest BCUT2D eigenvalue weighted by Crippen LogP contribution is 2.30. The molecule has 2 aromatic carbocycles. The van der Waals surface area contributed by atoms with Gasteiger partial charge in [-0.2, -0.15) is 13.2 Å². The van der Waals surface area contributed by atoms with E-state index in [-0.39, 0.29) is 18.0 Å². The highest BCUT2D eigenvalue weighted by atomic mass is 35.5. The van der Waals surface area contributed by atoms with Gasteiger partial charge in [-0.1, -0.05) is 23.7 Å². The Hall–Kier alpha value is -2.54. The molecule has 2 amide bonds. The number of carbonyl (C=O) groups excluding carboxylic acids is 2. The van der Waals surface area contributed by atoms with Crippen LogP contribution in [0.5, 0.6) is 0 Å². The van der Waals surface area contributed by atoms with Crippen LogP contribution in [0.15, 0.2) is 48.5 Å². The van der Waals surface area contributed by atoms with Crippen LogP contribution < -0.4 is 10.6 Å². The molecule has 26 heavy (non-hydrogen) atoms.